The highest BCUT2D eigenvalue weighted by atomic mass is 16.7. The smallest absolute Gasteiger partial charge is 0.278 e. The summed E-state index contributed by atoms with van der Waals surface area (Å²) in [5.74, 6) is -0.201. The van der Waals surface area contributed by atoms with Crippen molar-refractivity contribution in [1.82, 2.24) is 9.63 Å². The molecular formula is C26H24N2O2. The molecule has 4 nitrogen and oxygen atoms in total. The van der Waals surface area contributed by atoms with Crippen LogP contribution in [-0.4, -0.2) is 29.7 Å². The molecule has 4 rings (SSSR count). The predicted octanol–water partition coefficient (Wildman–Crippen LogP) is 5.16. The van der Waals surface area contributed by atoms with Crippen molar-refractivity contribution in [1.29, 1.82) is 0 Å². The number of hydrogen-bond donors (Lipinski definition) is 0. The van der Waals surface area contributed by atoms with Crippen molar-refractivity contribution in [2.75, 3.05) is 14.2 Å². The van der Waals surface area contributed by atoms with Crippen LogP contribution in [0, 0.1) is 0 Å². The number of nitrogens with zero attached hydrogens (tertiary/aromatic N) is 2. The zero-order chi connectivity index (χ0) is 21.1. The van der Waals surface area contributed by atoms with Gasteiger partial charge in [0.2, 0.25) is 0 Å². The van der Waals surface area contributed by atoms with E-state index in [0.717, 1.165) is 33.3 Å². The van der Waals surface area contributed by atoms with Crippen LogP contribution >= 0.6 is 0 Å². The third-order valence-electron chi connectivity index (χ3n) is 5.36. The van der Waals surface area contributed by atoms with Gasteiger partial charge in [-0.3, -0.25) is 9.63 Å². The van der Waals surface area contributed by atoms with Gasteiger partial charge in [-0.15, -0.1) is 0 Å². The molecule has 0 bridgehead atoms. The number of carbonyl (C=O) groups excluding carboxylic acids is 1. The van der Waals surface area contributed by atoms with Gasteiger partial charge in [-0.05, 0) is 23.3 Å². The lowest BCUT2D eigenvalue weighted by molar-refractivity contribution is -0.161. The highest BCUT2D eigenvalue weighted by Crippen LogP contribution is 2.36. The maximum Gasteiger partial charge on any atom is 0.278 e. The Balaban J connectivity index is 2.11. The number of amides is 1. The molecule has 0 saturated carbocycles. The largest absolute Gasteiger partial charge is 0.344 e. The van der Waals surface area contributed by atoms with E-state index in [1.807, 2.05) is 79.8 Å². The molecule has 0 aliphatic carbocycles. The van der Waals surface area contributed by atoms with Crippen LogP contribution in [0.3, 0.4) is 0 Å². The fourth-order valence-electron chi connectivity index (χ4n) is 3.77. The molecule has 0 unspecified atom stereocenters. The fraction of sp³-hybridized carbons (Fsp3) is 0.115. The fourth-order valence-corrected chi connectivity index (χ4v) is 3.77. The molecule has 3 aromatic carbocycles. The first-order valence-electron chi connectivity index (χ1n) is 9.84. The molecule has 1 amide bonds. The van der Waals surface area contributed by atoms with Gasteiger partial charge < -0.3 is 4.57 Å². The van der Waals surface area contributed by atoms with Gasteiger partial charge in [0.25, 0.3) is 5.91 Å². The summed E-state index contributed by atoms with van der Waals surface area (Å²) in [7, 11) is 5.17. The van der Waals surface area contributed by atoms with Crippen molar-refractivity contribution in [2.24, 2.45) is 7.05 Å². The van der Waals surface area contributed by atoms with Gasteiger partial charge in [-0.25, -0.2) is 5.06 Å². The van der Waals surface area contributed by atoms with Crippen LogP contribution in [-0.2, 0) is 16.7 Å². The van der Waals surface area contributed by atoms with Crippen molar-refractivity contribution >= 4 is 28.0 Å². The van der Waals surface area contributed by atoms with E-state index < -0.39 is 0 Å². The van der Waals surface area contributed by atoms with Gasteiger partial charge in [0.05, 0.1) is 18.4 Å². The van der Waals surface area contributed by atoms with Crippen LogP contribution in [0.2, 0.25) is 0 Å². The minimum Gasteiger partial charge on any atom is -0.344 e. The first-order chi connectivity index (χ1) is 14.6. The second-order valence-corrected chi connectivity index (χ2v) is 7.11. The average Bonchev–Trinajstić information content (AvgIpc) is 3.13. The average molecular weight is 396 g/mol. The van der Waals surface area contributed by atoms with Crippen molar-refractivity contribution < 1.29 is 9.63 Å². The minimum atomic E-state index is -0.201. The molecule has 0 atom stereocenters. The van der Waals surface area contributed by atoms with Crippen LogP contribution in [0.1, 0.15) is 16.8 Å². The number of likely N-dealkylation sites (N-methyl/N-ethyl adjacent to an activating group) is 1. The van der Waals surface area contributed by atoms with Crippen molar-refractivity contribution in [2.45, 2.75) is 0 Å². The van der Waals surface area contributed by atoms with Gasteiger partial charge in [-0.1, -0.05) is 78.9 Å². The highest BCUT2D eigenvalue weighted by molar-refractivity contribution is 6.28. The van der Waals surface area contributed by atoms with E-state index in [1.165, 1.54) is 12.2 Å². The first kappa shape index (κ1) is 19.7. The standard InChI is InChI=1S/C26H24N2O2/c1-27-22-17-11-10-16-21(22)18-23(27)24(19-12-6-4-7-13-19)25(26(29)28(2)30-3)20-14-8-5-9-15-20/h4-18H,1-3H3/b25-24-. The molecule has 0 aliphatic rings. The van der Waals surface area contributed by atoms with E-state index in [0.29, 0.717) is 5.57 Å². The van der Waals surface area contributed by atoms with Gasteiger partial charge >= 0.3 is 0 Å². The molecule has 0 saturated heterocycles. The number of hydroxylamine groups is 2. The number of benzene rings is 3. The van der Waals surface area contributed by atoms with Crippen molar-refractivity contribution in [3.8, 4) is 0 Å². The minimum absolute atomic E-state index is 0.201. The summed E-state index contributed by atoms with van der Waals surface area (Å²) < 4.78 is 2.14. The molecular weight excluding hydrogens is 372 g/mol. The molecule has 1 aromatic heterocycles. The van der Waals surface area contributed by atoms with Crippen molar-refractivity contribution in [3.05, 3.63) is 108 Å². The number of aromatic nitrogens is 1. The van der Waals surface area contributed by atoms with Crippen LogP contribution in [0.15, 0.2) is 91.0 Å². The Labute approximate surface area is 176 Å². The number of hydrogen-bond acceptors (Lipinski definition) is 2. The van der Waals surface area contributed by atoms with Gasteiger partial charge in [0.1, 0.15) is 0 Å². The Morgan fingerprint density at radius 1 is 0.833 bits per heavy atom. The van der Waals surface area contributed by atoms with Crippen molar-refractivity contribution in [3.63, 3.8) is 0 Å². The van der Waals surface area contributed by atoms with E-state index in [2.05, 4.69) is 22.8 Å². The summed E-state index contributed by atoms with van der Waals surface area (Å²) in [6, 6.07) is 30.2. The molecule has 0 N–H and O–H groups in total. The topological polar surface area (TPSA) is 34.5 Å². The monoisotopic (exact) mass is 396 g/mol. The van der Waals surface area contributed by atoms with E-state index >= 15 is 0 Å². The Morgan fingerprint density at radius 3 is 2.00 bits per heavy atom. The summed E-state index contributed by atoms with van der Waals surface area (Å²) in [5, 5.41) is 2.40. The normalized spacial score (nSPS) is 12.0. The molecule has 30 heavy (non-hydrogen) atoms. The molecule has 0 aliphatic heterocycles. The number of para-hydroxylation sites is 1. The molecule has 0 spiro atoms. The van der Waals surface area contributed by atoms with E-state index in [9.17, 15) is 4.79 Å². The summed E-state index contributed by atoms with van der Waals surface area (Å²) >= 11 is 0. The summed E-state index contributed by atoms with van der Waals surface area (Å²) in [6.07, 6.45) is 0. The zero-order valence-corrected chi connectivity index (χ0v) is 17.4. The second kappa shape index (κ2) is 8.39. The van der Waals surface area contributed by atoms with Gasteiger partial charge in [-0.2, -0.15) is 0 Å². The molecule has 0 fully saturated rings. The second-order valence-electron chi connectivity index (χ2n) is 7.11. The molecule has 4 heteroatoms. The van der Waals surface area contributed by atoms with Crippen LogP contribution < -0.4 is 0 Å². The Bertz CT molecular complexity index is 1210. The third-order valence-corrected chi connectivity index (χ3v) is 5.36. The Hall–Kier alpha value is -3.63. The molecule has 4 aromatic rings. The first-order valence-corrected chi connectivity index (χ1v) is 9.84. The van der Waals surface area contributed by atoms with E-state index in [4.69, 9.17) is 4.84 Å². The molecule has 150 valence electrons. The lowest BCUT2D eigenvalue weighted by atomic mass is 9.91. The maximum atomic E-state index is 13.5. The molecule has 1 heterocycles. The van der Waals surface area contributed by atoms with Gasteiger partial charge in [0, 0.05) is 30.6 Å². The zero-order valence-electron chi connectivity index (χ0n) is 17.4. The van der Waals surface area contributed by atoms with E-state index in [1.54, 1.807) is 7.05 Å². The lowest BCUT2D eigenvalue weighted by Gasteiger charge is -2.21. The van der Waals surface area contributed by atoms with E-state index in [-0.39, 0.29) is 5.91 Å². The summed E-state index contributed by atoms with van der Waals surface area (Å²) in [6.45, 7) is 0. The highest BCUT2D eigenvalue weighted by Gasteiger charge is 2.25. The SMILES string of the molecule is CON(C)C(=O)/C(=C(/c1ccccc1)c1cc2ccccc2n1C)c1ccccc1. The number of aryl methyl sites for hydroxylation is 1. The lowest BCUT2D eigenvalue weighted by Crippen LogP contribution is -2.27. The number of rotatable bonds is 5. The van der Waals surface area contributed by atoms with Crippen LogP contribution in [0.5, 0.6) is 0 Å². The third kappa shape index (κ3) is 3.53. The van der Waals surface area contributed by atoms with Gasteiger partial charge in [0.15, 0.2) is 0 Å². The Morgan fingerprint density at radius 2 is 1.40 bits per heavy atom. The van der Waals surface area contributed by atoms with Crippen LogP contribution in [0.25, 0.3) is 22.0 Å². The predicted molar refractivity (Wildman–Crippen MR) is 121 cm³/mol. The summed E-state index contributed by atoms with van der Waals surface area (Å²) in [5.41, 5.74) is 5.36. The quantitative estimate of drug-likeness (QED) is 0.265. The summed E-state index contributed by atoms with van der Waals surface area (Å²) in [4.78, 5) is 18.8. The number of fused-ring (bicyclic) bond motifs is 1. The van der Waals surface area contributed by atoms with Crippen LogP contribution in [0.4, 0.5) is 0 Å². The molecule has 0 radical (unpaired) electrons. The maximum absolute atomic E-state index is 13.5. The Kier molecular flexibility index (Phi) is 5.50. The number of carbonyl (C=O) groups is 1.